The Balaban J connectivity index is 2.39. The van der Waals surface area contributed by atoms with Gasteiger partial charge in [-0.3, -0.25) is 4.79 Å². The number of ketones is 1. The van der Waals surface area contributed by atoms with E-state index in [0.717, 1.165) is 11.1 Å². The molecule has 0 fully saturated rings. The molecule has 2 aromatic carbocycles. The average molecular weight is 230 g/mol. The molecule has 0 spiro atoms. The molecule has 2 rings (SSSR count). The summed E-state index contributed by atoms with van der Waals surface area (Å²) in [6, 6.07) is 12.9. The fourth-order valence-electron chi connectivity index (χ4n) is 1.61. The van der Waals surface area contributed by atoms with E-state index in [4.69, 9.17) is 5.11 Å². The first-order valence-electron chi connectivity index (χ1n) is 5.21. The second-order valence-electron chi connectivity index (χ2n) is 3.67. The molecule has 0 atom stereocenters. The van der Waals surface area contributed by atoms with Gasteiger partial charge in [-0.2, -0.15) is 0 Å². The van der Waals surface area contributed by atoms with E-state index in [0.29, 0.717) is 5.56 Å². The van der Waals surface area contributed by atoms with Crippen molar-refractivity contribution in [3.05, 3.63) is 59.9 Å². The van der Waals surface area contributed by atoms with Gasteiger partial charge in [-0.1, -0.05) is 30.3 Å². The Labute approximate surface area is 98.3 Å². The van der Waals surface area contributed by atoms with Gasteiger partial charge in [-0.05, 0) is 29.3 Å². The Morgan fingerprint density at radius 1 is 1.06 bits per heavy atom. The molecule has 0 amide bonds. The van der Waals surface area contributed by atoms with Gasteiger partial charge in [0.05, 0.1) is 0 Å². The summed E-state index contributed by atoms with van der Waals surface area (Å²) < 4.78 is 12.8. The standard InChI is InChI=1S/C14H11FO2/c15-13-6-4-10(5-7-13)11-2-1-3-12(8-11)14(17)9-16/h1-8,16H,9H2. The normalized spacial score (nSPS) is 10.2. The number of aliphatic hydroxyl groups is 1. The minimum atomic E-state index is -0.507. The Morgan fingerprint density at radius 3 is 2.41 bits per heavy atom. The van der Waals surface area contributed by atoms with Crippen molar-refractivity contribution in [2.24, 2.45) is 0 Å². The summed E-state index contributed by atoms with van der Waals surface area (Å²) in [6.45, 7) is -0.507. The maximum Gasteiger partial charge on any atom is 0.188 e. The molecule has 17 heavy (non-hydrogen) atoms. The second kappa shape index (κ2) is 4.89. The van der Waals surface area contributed by atoms with E-state index < -0.39 is 6.61 Å². The third kappa shape index (κ3) is 2.57. The Kier molecular flexibility index (Phi) is 3.30. The topological polar surface area (TPSA) is 37.3 Å². The molecule has 0 aliphatic carbocycles. The lowest BCUT2D eigenvalue weighted by Crippen LogP contribution is -2.03. The molecule has 1 N–H and O–H groups in total. The molecule has 0 aliphatic heterocycles. The lowest BCUT2D eigenvalue weighted by molar-refractivity contribution is 0.0904. The minimum absolute atomic E-state index is 0.295. The van der Waals surface area contributed by atoms with Crippen molar-refractivity contribution < 1.29 is 14.3 Å². The lowest BCUT2D eigenvalue weighted by Gasteiger charge is -2.04. The first-order chi connectivity index (χ1) is 8.20. The zero-order chi connectivity index (χ0) is 12.3. The van der Waals surface area contributed by atoms with Crippen LogP contribution in [-0.4, -0.2) is 17.5 Å². The third-order valence-electron chi connectivity index (χ3n) is 2.51. The molecule has 0 aromatic heterocycles. The van der Waals surface area contributed by atoms with Gasteiger partial charge in [0, 0.05) is 5.56 Å². The monoisotopic (exact) mass is 230 g/mol. The van der Waals surface area contributed by atoms with Gasteiger partial charge < -0.3 is 5.11 Å². The van der Waals surface area contributed by atoms with Crippen molar-refractivity contribution in [2.75, 3.05) is 6.61 Å². The van der Waals surface area contributed by atoms with Crippen LogP contribution >= 0.6 is 0 Å². The zero-order valence-electron chi connectivity index (χ0n) is 9.06. The smallest absolute Gasteiger partial charge is 0.188 e. The Bertz CT molecular complexity index is 532. The largest absolute Gasteiger partial charge is 0.388 e. The van der Waals surface area contributed by atoms with Crippen LogP contribution in [0.1, 0.15) is 10.4 Å². The van der Waals surface area contributed by atoms with Crippen LogP contribution in [0.2, 0.25) is 0 Å². The summed E-state index contributed by atoms with van der Waals surface area (Å²) in [4.78, 5) is 11.3. The summed E-state index contributed by atoms with van der Waals surface area (Å²) in [6.07, 6.45) is 0. The number of carbonyl (C=O) groups is 1. The van der Waals surface area contributed by atoms with Crippen molar-refractivity contribution in [1.82, 2.24) is 0 Å². The molecule has 0 heterocycles. The van der Waals surface area contributed by atoms with E-state index in [1.165, 1.54) is 12.1 Å². The molecule has 3 heteroatoms. The molecule has 0 saturated heterocycles. The van der Waals surface area contributed by atoms with Crippen LogP contribution in [0, 0.1) is 5.82 Å². The highest BCUT2D eigenvalue weighted by molar-refractivity contribution is 5.97. The third-order valence-corrected chi connectivity index (χ3v) is 2.51. The number of benzene rings is 2. The summed E-state index contributed by atoms with van der Waals surface area (Å²) in [7, 11) is 0. The predicted molar refractivity (Wildman–Crippen MR) is 63.3 cm³/mol. The number of carbonyl (C=O) groups excluding carboxylic acids is 1. The number of hydrogen-bond donors (Lipinski definition) is 1. The highest BCUT2D eigenvalue weighted by Crippen LogP contribution is 2.20. The van der Waals surface area contributed by atoms with Gasteiger partial charge in [0.2, 0.25) is 0 Å². The van der Waals surface area contributed by atoms with Crippen LogP contribution < -0.4 is 0 Å². The van der Waals surface area contributed by atoms with E-state index in [-0.39, 0.29) is 11.6 Å². The molecular weight excluding hydrogens is 219 g/mol. The van der Waals surface area contributed by atoms with Crippen molar-refractivity contribution >= 4 is 5.78 Å². The number of rotatable bonds is 3. The molecule has 0 radical (unpaired) electrons. The van der Waals surface area contributed by atoms with E-state index in [2.05, 4.69) is 0 Å². The molecule has 2 aromatic rings. The quantitative estimate of drug-likeness (QED) is 0.823. The number of halogens is 1. The van der Waals surface area contributed by atoms with Gasteiger partial charge in [0.15, 0.2) is 5.78 Å². The zero-order valence-corrected chi connectivity index (χ0v) is 9.06. The van der Waals surface area contributed by atoms with Crippen molar-refractivity contribution in [1.29, 1.82) is 0 Å². The van der Waals surface area contributed by atoms with E-state index in [1.54, 1.807) is 30.3 Å². The van der Waals surface area contributed by atoms with Gasteiger partial charge in [0.1, 0.15) is 12.4 Å². The molecular formula is C14H11FO2. The van der Waals surface area contributed by atoms with Crippen LogP contribution in [0.5, 0.6) is 0 Å². The van der Waals surface area contributed by atoms with Gasteiger partial charge >= 0.3 is 0 Å². The van der Waals surface area contributed by atoms with Crippen molar-refractivity contribution in [2.45, 2.75) is 0 Å². The Morgan fingerprint density at radius 2 is 1.76 bits per heavy atom. The van der Waals surface area contributed by atoms with Crippen LogP contribution in [0.3, 0.4) is 0 Å². The fourth-order valence-corrected chi connectivity index (χ4v) is 1.61. The van der Waals surface area contributed by atoms with E-state index in [1.807, 2.05) is 6.07 Å². The van der Waals surface area contributed by atoms with Crippen LogP contribution in [0.15, 0.2) is 48.5 Å². The molecule has 0 aliphatic rings. The maximum atomic E-state index is 12.8. The SMILES string of the molecule is O=C(CO)c1cccc(-c2ccc(F)cc2)c1. The molecule has 0 saturated carbocycles. The van der Waals surface area contributed by atoms with E-state index >= 15 is 0 Å². The van der Waals surface area contributed by atoms with Gasteiger partial charge in [0.25, 0.3) is 0 Å². The van der Waals surface area contributed by atoms with Gasteiger partial charge in [-0.15, -0.1) is 0 Å². The molecule has 0 unspecified atom stereocenters. The summed E-state index contributed by atoms with van der Waals surface area (Å²) in [5, 5.41) is 8.79. The predicted octanol–water partition coefficient (Wildman–Crippen LogP) is 2.67. The molecule has 86 valence electrons. The highest BCUT2D eigenvalue weighted by Gasteiger charge is 2.05. The molecule has 2 nitrogen and oxygen atoms in total. The number of hydrogen-bond acceptors (Lipinski definition) is 2. The second-order valence-corrected chi connectivity index (χ2v) is 3.67. The van der Waals surface area contributed by atoms with E-state index in [9.17, 15) is 9.18 Å². The maximum absolute atomic E-state index is 12.8. The molecule has 0 bridgehead atoms. The lowest BCUT2D eigenvalue weighted by atomic mass is 10.0. The summed E-state index contributed by atoms with van der Waals surface area (Å²) in [5.74, 6) is -0.620. The summed E-state index contributed by atoms with van der Waals surface area (Å²) in [5.41, 5.74) is 2.11. The Hall–Kier alpha value is -2.00. The number of aliphatic hydroxyl groups excluding tert-OH is 1. The van der Waals surface area contributed by atoms with Crippen LogP contribution in [0.4, 0.5) is 4.39 Å². The van der Waals surface area contributed by atoms with Crippen LogP contribution in [-0.2, 0) is 0 Å². The minimum Gasteiger partial charge on any atom is -0.388 e. The highest BCUT2D eigenvalue weighted by atomic mass is 19.1. The van der Waals surface area contributed by atoms with Gasteiger partial charge in [-0.25, -0.2) is 4.39 Å². The van der Waals surface area contributed by atoms with Crippen LogP contribution in [0.25, 0.3) is 11.1 Å². The van der Waals surface area contributed by atoms with Crippen molar-refractivity contribution in [3.63, 3.8) is 0 Å². The first kappa shape index (κ1) is 11.5. The van der Waals surface area contributed by atoms with Crippen molar-refractivity contribution in [3.8, 4) is 11.1 Å². The first-order valence-corrected chi connectivity index (χ1v) is 5.21. The summed E-state index contributed by atoms with van der Waals surface area (Å²) >= 11 is 0. The number of Topliss-reactive ketones (excluding diaryl/α,β-unsaturated/α-hetero) is 1. The average Bonchev–Trinajstić information content (AvgIpc) is 2.39. The fraction of sp³-hybridized carbons (Fsp3) is 0.0714.